The molecule has 3 fully saturated rings. The summed E-state index contributed by atoms with van der Waals surface area (Å²) in [7, 11) is 0. The van der Waals surface area contributed by atoms with E-state index in [1.807, 2.05) is 0 Å². The molecule has 0 heterocycles. The second-order valence-corrected chi connectivity index (χ2v) is 8.97. The van der Waals surface area contributed by atoms with E-state index in [9.17, 15) is 5.11 Å². The van der Waals surface area contributed by atoms with Gasteiger partial charge in [0.05, 0.1) is 6.10 Å². The summed E-state index contributed by atoms with van der Waals surface area (Å²) in [5.74, 6) is 2.43. The Morgan fingerprint density at radius 1 is 1.14 bits per heavy atom. The topological polar surface area (TPSA) is 20.2 Å². The molecule has 4 aliphatic carbocycles. The largest absolute Gasteiger partial charge is 0.393 e. The van der Waals surface area contributed by atoms with Gasteiger partial charge in [-0.25, -0.2) is 0 Å². The van der Waals surface area contributed by atoms with Crippen LogP contribution in [0.3, 0.4) is 0 Å². The molecular weight excluding hydrogens is 268 g/mol. The van der Waals surface area contributed by atoms with Crippen molar-refractivity contribution in [3.8, 4) is 0 Å². The molecule has 0 bridgehead atoms. The summed E-state index contributed by atoms with van der Waals surface area (Å²) in [5.41, 5.74) is 4.36. The van der Waals surface area contributed by atoms with Gasteiger partial charge in [0.25, 0.3) is 0 Å². The second-order valence-electron chi connectivity index (χ2n) is 8.97. The van der Waals surface area contributed by atoms with Crippen molar-refractivity contribution in [1.29, 1.82) is 0 Å². The molecule has 0 amide bonds. The van der Waals surface area contributed by atoms with E-state index in [1.54, 1.807) is 11.1 Å². The molecule has 4 rings (SSSR count). The summed E-state index contributed by atoms with van der Waals surface area (Å²) in [4.78, 5) is 0. The molecule has 0 aromatic heterocycles. The molecule has 0 aromatic rings. The van der Waals surface area contributed by atoms with Crippen molar-refractivity contribution in [3.63, 3.8) is 0 Å². The van der Waals surface area contributed by atoms with Gasteiger partial charge in [-0.15, -0.1) is 0 Å². The van der Waals surface area contributed by atoms with E-state index < -0.39 is 0 Å². The van der Waals surface area contributed by atoms with E-state index in [1.165, 1.54) is 38.5 Å². The first-order valence-corrected chi connectivity index (χ1v) is 9.53. The van der Waals surface area contributed by atoms with Crippen LogP contribution in [0.15, 0.2) is 23.3 Å². The number of hydrogen-bond acceptors (Lipinski definition) is 1. The van der Waals surface area contributed by atoms with E-state index in [0.29, 0.717) is 10.8 Å². The van der Waals surface area contributed by atoms with Crippen LogP contribution in [0.2, 0.25) is 0 Å². The van der Waals surface area contributed by atoms with Gasteiger partial charge in [-0.05, 0) is 86.9 Å². The third-order valence-corrected chi connectivity index (χ3v) is 8.20. The molecule has 0 aromatic carbocycles. The van der Waals surface area contributed by atoms with Crippen LogP contribution in [0.1, 0.15) is 72.1 Å². The fourth-order valence-corrected chi connectivity index (χ4v) is 6.83. The monoisotopic (exact) mass is 300 g/mol. The van der Waals surface area contributed by atoms with Gasteiger partial charge in [-0.1, -0.05) is 37.1 Å². The van der Waals surface area contributed by atoms with Crippen LogP contribution in [0.25, 0.3) is 0 Å². The predicted octanol–water partition coefficient (Wildman–Crippen LogP) is 5.26. The lowest BCUT2D eigenvalue weighted by molar-refractivity contribution is -0.00472. The van der Waals surface area contributed by atoms with Crippen LogP contribution in [-0.4, -0.2) is 11.2 Å². The molecule has 4 aliphatic rings. The fraction of sp³-hybridized carbons (Fsp3) is 0.810. The summed E-state index contributed by atoms with van der Waals surface area (Å²) < 4.78 is 0. The van der Waals surface area contributed by atoms with Crippen LogP contribution in [0.5, 0.6) is 0 Å². The van der Waals surface area contributed by atoms with Crippen molar-refractivity contribution >= 4 is 0 Å². The summed E-state index contributed by atoms with van der Waals surface area (Å²) in [6, 6.07) is 0. The lowest BCUT2D eigenvalue weighted by atomic mass is 9.49. The molecule has 1 N–H and O–H groups in total. The average molecular weight is 300 g/mol. The van der Waals surface area contributed by atoms with Crippen LogP contribution >= 0.6 is 0 Å². The zero-order valence-electron chi connectivity index (χ0n) is 14.6. The number of hydrogen-bond donors (Lipinski definition) is 1. The minimum atomic E-state index is -0.0369. The van der Waals surface area contributed by atoms with Gasteiger partial charge < -0.3 is 5.11 Å². The first kappa shape index (κ1) is 15.0. The Morgan fingerprint density at radius 3 is 2.73 bits per heavy atom. The standard InChI is InChI=1S/C21H32O/c1-4-14-6-8-18-17-7-5-15-13-16(22)9-11-21(15,3)19(17)10-12-20(14,18)2/h4,10,15-18,22H,5-9,11-13H2,1-3H3. The summed E-state index contributed by atoms with van der Waals surface area (Å²) in [6.07, 6.45) is 15.0. The fourth-order valence-electron chi connectivity index (χ4n) is 6.83. The van der Waals surface area contributed by atoms with E-state index in [2.05, 4.69) is 32.9 Å². The van der Waals surface area contributed by atoms with Crippen LogP contribution in [0, 0.1) is 28.6 Å². The highest BCUT2D eigenvalue weighted by Gasteiger charge is 2.55. The Labute approximate surface area is 135 Å². The lowest BCUT2D eigenvalue weighted by Gasteiger charge is -2.56. The van der Waals surface area contributed by atoms with Gasteiger partial charge in [-0.3, -0.25) is 0 Å². The van der Waals surface area contributed by atoms with E-state index >= 15 is 0 Å². The van der Waals surface area contributed by atoms with Crippen molar-refractivity contribution in [2.24, 2.45) is 28.6 Å². The van der Waals surface area contributed by atoms with Gasteiger partial charge in [0, 0.05) is 0 Å². The van der Waals surface area contributed by atoms with Crippen molar-refractivity contribution < 1.29 is 5.11 Å². The molecular formula is C21H32O. The van der Waals surface area contributed by atoms with Crippen molar-refractivity contribution in [3.05, 3.63) is 23.3 Å². The van der Waals surface area contributed by atoms with Gasteiger partial charge >= 0.3 is 0 Å². The summed E-state index contributed by atoms with van der Waals surface area (Å²) >= 11 is 0. The Hall–Kier alpha value is -0.560. The molecule has 0 aliphatic heterocycles. The number of aliphatic hydroxyl groups excluding tert-OH is 1. The van der Waals surface area contributed by atoms with Gasteiger partial charge in [0.1, 0.15) is 0 Å². The Morgan fingerprint density at radius 2 is 1.95 bits per heavy atom. The molecule has 0 saturated heterocycles. The Kier molecular flexibility index (Phi) is 3.39. The predicted molar refractivity (Wildman–Crippen MR) is 91.5 cm³/mol. The zero-order valence-corrected chi connectivity index (χ0v) is 14.6. The maximum absolute atomic E-state index is 10.1. The lowest BCUT2D eigenvalue weighted by Crippen LogP contribution is -2.47. The average Bonchev–Trinajstić information content (AvgIpc) is 2.84. The third kappa shape index (κ3) is 1.87. The SMILES string of the molecule is CC=C1CCC2C3CCC4CC(O)CCC4(C)C3=CCC12C. The van der Waals surface area contributed by atoms with Crippen LogP contribution in [-0.2, 0) is 0 Å². The smallest absolute Gasteiger partial charge is 0.0543 e. The Balaban J connectivity index is 1.71. The maximum atomic E-state index is 10.1. The molecule has 0 spiro atoms. The maximum Gasteiger partial charge on any atom is 0.0543 e. The van der Waals surface area contributed by atoms with Crippen LogP contribution in [0.4, 0.5) is 0 Å². The van der Waals surface area contributed by atoms with Crippen LogP contribution < -0.4 is 0 Å². The van der Waals surface area contributed by atoms with E-state index in [0.717, 1.165) is 30.6 Å². The highest BCUT2D eigenvalue weighted by molar-refractivity contribution is 5.34. The zero-order chi connectivity index (χ0) is 15.5. The molecule has 0 radical (unpaired) electrons. The number of fused-ring (bicyclic) bond motifs is 5. The second kappa shape index (κ2) is 4.97. The van der Waals surface area contributed by atoms with Crippen molar-refractivity contribution in [2.75, 3.05) is 0 Å². The highest BCUT2D eigenvalue weighted by atomic mass is 16.3. The van der Waals surface area contributed by atoms with Crippen molar-refractivity contribution in [2.45, 2.75) is 78.2 Å². The van der Waals surface area contributed by atoms with E-state index in [4.69, 9.17) is 0 Å². The highest BCUT2D eigenvalue weighted by Crippen LogP contribution is 2.65. The number of aliphatic hydroxyl groups is 1. The summed E-state index contributed by atoms with van der Waals surface area (Å²) in [5, 5.41) is 10.1. The number of rotatable bonds is 0. The van der Waals surface area contributed by atoms with E-state index in [-0.39, 0.29) is 6.10 Å². The first-order chi connectivity index (χ1) is 10.5. The molecule has 6 unspecified atom stereocenters. The van der Waals surface area contributed by atoms with Gasteiger partial charge in [0.2, 0.25) is 0 Å². The first-order valence-electron chi connectivity index (χ1n) is 9.53. The number of allylic oxidation sites excluding steroid dienone is 4. The quantitative estimate of drug-likeness (QED) is 0.605. The third-order valence-electron chi connectivity index (χ3n) is 8.20. The molecule has 1 heteroatoms. The molecule has 1 nitrogen and oxygen atoms in total. The Bertz CT molecular complexity index is 530. The van der Waals surface area contributed by atoms with Gasteiger partial charge in [0.15, 0.2) is 0 Å². The molecule has 122 valence electrons. The normalized spacial score (nSPS) is 52.7. The molecule has 22 heavy (non-hydrogen) atoms. The van der Waals surface area contributed by atoms with Gasteiger partial charge in [-0.2, -0.15) is 0 Å². The molecule has 3 saturated carbocycles. The minimum absolute atomic E-state index is 0.0369. The molecule has 6 atom stereocenters. The minimum Gasteiger partial charge on any atom is -0.393 e. The summed E-state index contributed by atoms with van der Waals surface area (Å²) in [6.45, 7) is 7.30. The van der Waals surface area contributed by atoms with Crippen molar-refractivity contribution in [1.82, 2.24) is 0 Å².